The van der Waals surface area contributed by atoms with Gasteiger partial charge in [0.1, 0.15) is 5.00 Å². The predicted molar refractivity (Wildman–Crippen MR) is 144 cm³/mol. The lowest BCUT2D eigenvalue weighted by atomic mass is 9.96. The molecule has 5 nitrogen and oxygen atoms in total. The lowest BCUT2D eigenvalue weighted by Gasteiger charge is -2.15. The van der Waals surface area contributed by atoms with E-state index in [0.717, 1.165) is 59.1 Å². The summed E-state index contributed by atoms with van der Waals surface area (Å²) in [6, 6.07) is 15.0. The summed E-state index contributed by atoms with van der Waals surface area (Å²) >= 11 is 7.73. The molecule has 0 saturated carbocycles. The first-order chi connectivity index (χ1) is 16.9. The molecule has 3 N–H and O–H groups in total. The molecule has 0 atom stereocenters. The Morgan fingerprint density at radius 2 is 1.77 bits per heavy atom. The van der Waals surface area contributed by atoms with Crippen molar-refractivity contribution in [2.75, 3.05) is 5.32 Å². The third kappa shape index (κ3) is 4.56. The van der Waals surface area contributed by atoms with E-state index in [0.29, 0.717) is 32.4 Å². The number of nitrogens with zero attached hydrogens (tertiary/aromatic N) is 1. The maximum absolute atomic E-state index is 13.8. The van der Waals surface area contributed by atoms with E-state index in [4.69, 9.17) is 22.3 Å². The number of amides is 2. The van der Waals surface area contributed by atoms with E-state index in [2.05, 4.69) is 5.32 Å². The molecule has 1 aliphatic carbocycles. The Kier molecular flexibility index (Phi) is 6.58. The molecule has 0 bridgehead atoms. The molecule has 2 heterocycles. The van der Waals surface area contributed by atoms with Crippen LogP contribution in [-0.4, -0.2) is 16.8 Å². The zero-order valence-electron chi connectivity index (χ0n) is 19.5. The Hall–Kier alpha value is -3.22. The summed E-state index contributed by atoms with van der Waals surface area (Å²) in [5.74, 6) is -0.768. The van der Waals surface area contributed by atoms with Gasteiger partial charge >= 0.3 is 0 Å². The lowest BCUT2D eigenvalue weighted by Crippen LogP contribution is -2.19. The second kappa shape index (κ2) is 9.80. The molecule has 0 fully saturated rings. The molecule has 2 aromatic heterocycles. The Labute approximate surface area is 213 Å². The van der Waals surface area contributed by atoms with Crippen LogP contribution in [0, 0.1) is 6.92 Å². The molecule has 178 valence electrons. The number of rotatable bonds is 4. The van der Waals surface area contributed by atoms with Crippen molar-refractivity contribution < 1.29 is 9.59 Å². The van der Waals surface area contributed by atoms with Crippen LogP contribution in [0.15, 0.2) is 48.5 Å². The zero-order chi connectivity index (χ0) is 24.5. The fraction of sp³-hybridized carbons (Fsp3) is 0.250. The van der Waals surface area contributed by atoms with Crippen molar-refractivity contribution in [1.29, 1.82) is 0 Å². The number of nitrogens with two attached hydrogens (primary N) is 1. The molecule has 7 heteroatoms. The number of nitrogens with one attached hydrogen (secondary N) is 1. The molecule has 5 rings (SSSR count). The number of para-hydroxylation sites is 1. The van der Waals surface area contributed by atoms with E-state index < -0.39 is 5.91 Å². The average Bonchev–Trinajstić information content (AvgIpc) is 3.14. The first kappa shape index (κ1) is 23.5. The van der Waals surface area contributed by atoms with E-state index in [1.54, 1.807) is 0 Å². The highest BCUT2D eigenvalue weighted by molar-refractivity contribution is 7.17. The summed E-state index contributed by atoms with van der Waals surface area (Å²) in [6.07, 6.45) is 6.15. The summed E-state index contributed by atoms with van der Waals surface area (Å²) in [5.41, 5.74) is 10.8. The first-order valence-corrected chi connectivity index (χ1v) is 13.0. The Bertz CT molecular complexity index is 1460. The zero-order valence-corrected chi connectivity index (χ0v) is 21.1. The van der Waals surface area contributed by atoms with Gasteiger partial charge in [-0.05, 0) is 61.9 Å². The summed E-state index contributed by atoms with van der Waals surface area (Å²) in [5, 5.41) is 4.95. The summed E-state index contributed by atoms with van der Waals surface area (Å²) in [7, 11) is 0. The SMILES string of the molecule is Cc1c(-c2cccc(Cl)c2)nc2ccccc2c1C(=O)Nc1sc2c(c1C(N)=O)CCCCCC2. The van der Waals surface area contributed by atoms with E-state index >= 15 is 0 Å². The topological polar surface area (TPSA) is 85.1 Å². The summed E-state index contributed by atoms with van der Waals surface area (Å²) < 4.78 is 0. The number of pyridine rings is 1. The van der Waals surface area contributed by atoms with Crippen molar-refractivity contribution in [3.8, 4) is 11.3 Å². The van der Waals surface area contributed by atoms with Gasteiger partial charge in [0, 0.05) is 20.8 Å². The van der Waals surface area contributed by atoms with Gasteiger partial charge in [-0.25, -0.2) is 4.98 Å². The number of hydrogen-bond acceptors (Lipinski definition) is 4. The minimum Gasteiger partial charge on any atom is -0.365 e. The van der Waals surface area contributed by atoms with Crippen molar-refractivity contribution in [1.82, 2.24) is 4.98 Å². The Balaban J connectivity index is 1.62. The molecule has 0 saturated heterocycles. The van der Waals surface area contributed by atoms with Gasteiger partial charge in [0.2, 0.25) is 0 Å². The maximum atomic E-state index is 13.8. The monoisotopic (exact) mass is 503 g/mol. The highest BCUT2D eigenvalue weighted by Gasteiger charge is 2.26. The normalized spacial score (nSPS) is 13.7. The number of hydrogen-bond donors (Lipinski definition) is 2. The quantitative estimate of drug-likeness (QED) is 0.316. The van der Waals surface area contributed by atoms with Crippen LogP contribution in [0.3, 0.4) is 0 Å². The van der Waals surface area contributed by atoms with Gasteiger partial charge in [0.25, 0.3) is 11.8 Å². The fourth-order valence-electron chi connectivity index (χ4n) is 4.95. The van der Waals surface area contributed by atoms with E-state index in [-0.39, 0.29) is 5.91 Å². The molecule has 0 unspecified atom stereocenters. The second-order valence-corrected chi connectivity index (χ2v) is 10.5. The van der Waals surface area contributed by atoms with Crippen molar-refractivity contribution >= 4 is 50.7 Å². The molecular weight excluding hydrogens is 478 g/mol. The van der Waals surface area contributed by atoms with Crippen LogP contribution in [0.4, 0.5) is 5.00 Å². The molecular formula is C28H26ClN3O2S. The number of fused-ring (bicyclic) bond motifs is 2. The largest absolute Gasteiger partial charge is 0.365 e. The summed E-state index contributed by atoms with van der Waals surface area (Å²) in [6.45, 7) is 1.90. The number of aryl methyl sites for hydroxylation is 1. The highest BCUT2D eigenvalue weighted by atomic mass is 35.5. The third-order valence-electron chi connectivity index (χ3n) is 6.61. The van der Waals surface area contributed by atoms with Crippen molar-refractivity contribution in [3.05, 3.63) is 80.7 Å². The van der Waals surface area contributed by atoms with Crippen molar-refractivity contribution in [2.45, 2.75) is 45.4 Å². The smallest absolute Gasteiger partial charge is 0.257 e. The number of carbonyl (C=O) groups is 2. The number of halogens is 1. The van der Waals surface area contributed by atoms with Crippen LogP contribution >= 0.6 is 22.9 Å². The fourth-order valence-corrected chi connectivity index (χ4v) is 6.43. The van der Waals surface area contributed by atoms with Gasteiger partial charge in [-0.2, -0.15) is 0 Å². The minimum absolute atomic E-state index is 0.277. The molecule has 0 spiro atoms. The number of thiophene rings is 1. The van der Waals surface area contributed by atoms with Gasteiger partial charge in [-0.1, -0.05) is 54.8 Å². The van der Waals surface area contributed by atoms with Crippen LogP contribution in [0.1, 0.15) is 62.4 Å². The van der Waals surface area contributed by atoms with Crippen molar-refractivity contribution in [2.24, 2.45) is 5.73 Å². The van der Waals surface area contributed by atoms with Gasteiger partial charge < -0.3 is 11.1 Å². The van der Waals surface area contributed by atoms with Crippen LogP contribution < -0.4 is 11.1 Å². The molecule has 0 radical (unpaired) electrons. The molecule has 2 aromatic carbocycles. The van der Waals surface area contributed by atoms with E-state index in [1.807, 2.05) is 55.5 Å². The first-order valence-electron chi connectivity index (χ1n) is 11.8. The number of anilines is 1. The predicted octanol–water partition coefficient (Wildman–Crippen LogP) is 6.94. The highest BCUT2D eigenvalue weighted by Crippen LogP contribution is 2.38. The van der Waals surface area contributed by atoms with Gasteiger partial charge in [-0.3, -0.25) is 9.59 Å². The molecule has 2 amide bonds. The van der Waals surface area contributed by atoms with Gasteiger partial charge in [0.05, 0.1) is 22.3 Å². The van der Waals surface area contributed by atoms with E-state index in [1.165, 1.54) is 17.8 Å². The Morgan fingerprint density at radius 1 is 1.00 bits per heavy atom. The number of benzene rings is 2. The standard InChI is InChI=1S/C28H26ClN3O2S/c1-16-23(19-11-6-7-13-21(19)31-25(16)17-9-8-10-18(29)15-17)27(34)32-28-24(26(30)33)20-12-4-2-3-5-14-22(20)35-28/h6-11,13,15H,2-5,12,14H2,1H3,(H2,30,33)(H,32,34). The number of primary amides is 1. The Morgan fingerprint density at radius 3 is 2.54 bits per heavy atom. The van der Waals surface area contributed by atoms with Crippen LogP contribution in [0.2, 0.25) is 5.02 Å². The lowest BCUT2D eigenvalue weighted by molar-refractivity contribution is 0.100. The van der Waals surface area contributed by atoms with Crippen LogP contribution in [0.5, 0.6) is 0 Å². The number of carbonyl (C=O) groups excluding carboxylic acids is 2. The summed E-state index contributed by atoms with van der Waals surface area (Å²) in [4.78, 5) is 32.3. The van der Waals surface area contributed by atoms with Crippen molar-refractivity contribution in [3.63, 3.8) is 0 Å². The third-order valence-corrected chi connectivity index (χ3v) is 8.05. The maximum Gasteiger partial charge on any atom is 0.257 e. The van der Waals surface area contributed by atoms with Gasteiger partial charge in [-0.15, -0.1) is 11.3 Å². The van der Waals surface area contributed by atoms with Gasteiger partial charge in [0.15, 0.2) is 0 Å². The second-order valence-electron chi connectivity index (χ2n) is 8.93. The molecule has 35 heavy (non-hydrogen) atoms. The van der Waals surface area contributed by atoms with Crippen LogP contribution in [0.25, 0.3) is 22.2 Å². The molecule has 1 aliphatic rings. The minimum atomic E-state index is -0.491. The van der Waals surface area contributed by atoms with E-state index in [9.17, 15) is 9.59 Å². The molecule has 4 aromatic rings. The number of aromatic nitrogens is 1. The molecule has 0 aliphatic heterocycles. The average molecular weight is 504 g/mol. The van der Waals surface area contributed by atoms with Crippen LogP contribution in [-0.2, 0) is 12.8 Å².